The number of hydrogen-bond donors (Lipinski definition) is 0. The summed E-state index contributed by atoms with van der Waals surface area (Å²) >= 11 is 0. The summed E-state index contributed by atoms with van der Waals surface area (Å²) in [6, 6.07) is 6.17. The molecule has 2 aromatic heterocycles. The molecule has 2 nitrogen and oxygen atoms in total. The molecule has 0 aromatic carbocycles. The molecule has 1 unspecified atom stereocenters. The molecule has 0 aliphatic heterocycles. The summed E-state index contributed by atoms with van der Waals surface area (Å²) in [6.45, 7) is 6.94. The van der Waals surface area contributed by atoms with Crippen LogP contribution in [0.5, 0.6) is 0 Å². The molecule has 92 valence electrons. The Morgan fingerprint density at radius 2 is 2.12 bits per heavy atom. The highest BCUT2D eigenvalue weighted by Gasteiger charge is 2.22. The number of fused-ring (bicyclic) bond motifs is 1. The molecule has 0 amide bonds. The normalized spacial score (nSPS) is 15.0. The molecular formula is C15H22N2. The summed E-state index contributed by atoms with van der Waals surface area (Å²) in [5.41, 5.74) is 2.79. The first kappa shape index (κ1) is 12.2. The van der Waals surface area contributed by atoms with Crippen molar-refractivity contribution >= 4 is 5.65 Å². The van der Waals surface area contributed by atoms with Crippen LogP contribution >= 0.6 is 0 Å². The van der Waals surface area contributed by atoms with Gasteiger partial charge in [-0.05, 0) is 30.4 Å². The average molecular weight is 230 g/mol. The Hall–Kier alpha value is -1.31. The molecule has 2 aromatic rings. The zero-order chi connectivity index (χ0) is 12.3. The van der Waals surface area contributed by atoms with E-state index < -0.39 is 0 Å². The van der Waals surface area contributed by atoms with Gasteiger partial charge in [0.15, 0.2) is 0 Å². The Morgan fingerprint density at radius 1 is 1.29 bits per heavy atom. The molecule has 2 rings (SSSR count). The Bertz CT molecular complexity index is 486. The third-order valence-electron chi connectivity index (χ3n) is 3.81. The van der Waals surface area contributed by atoms with E-state index in [1.165, 1.54) is 25.0 Å². The predicted molar refractivity (Wildman–Crippen MR) is 72.2 cm³/mol. The van der Waals surface area contributed by atoms with E-state index in [2.05, 4.69) is 48.5 Å². The lowest BCUT2D eigenvalue weighted by molar-refractivity contribution is 0.276. The fourth-order valence-corrected chi connectivity index (χ4v) is 2.55. The van der Waals surface area contributed by atoms with Crippen molar-refractivity contribution in [1.29, 1.82) is 0 Å². The molecule has 17 heavy (non-hydrogen) atoms. The van der Waals surface area contributed by atoms with Crippen LogP contribution in [0.15, 0.2) is 30.6 Å². The molecule has 0 saturated carbocycles. The molecule has 2 heteroatoms. The lowest BCUT2D eigenvalue weighted by atomic mass is 9.79. The quantitative estimate of drug-likeness (QED) is 0.756. The molecule has 0 aliphatic carbocycles. The SMILES string of the molecule is CCCC(C)(CC)Cc1cnc2ccccn12. The highest BCUT2D eigenvalue weighted by atomic mass is 15.0. The van der Waals surface area contributed by atoms with Gasteiger partial charge in [0.05, 0.1) is 0 Å². The topological polar surface area (TPSA) is 17.3 Å². The molecule has 0 spiro atoms. The van der Waals surface area contributed by atoms with Gasteiger partial charge in [0.2, 0.25) is 0 Å². The summed E-state index contributed by atoms with van der Waals surface area (Å²) in [5, 5.41) is 0. The van der Waals surface area contributed by atoms with Crippen LogP contribution in [0.1, 0.15) is 45.7 Å². The van der Waals surface area contributed by atoms with Gasteiger partial charge in [-0.2, -0.15) is 0 Å². The van der Waals surface area contributed by atoms with E-state index in [-0.39, 0.29) is 0 Å². The first-order valence-corrected chi connectivity index (χ1v) is 6.59. The van der Waals surface area contributed by atoms with Crippen LogP contribution in [0.25, 0.3) is 5.65 Å². The first-order chi connectivity index (χ1) is 8.18. The Labute approximate surface area is 104 Å². The summed E-state index contributed by atoms with van der Waals surface area (Å²) in [4.78, 5) is 4.46. The van der Waals surface area contributed by atoms with E-state index in [0.717, 1.165) is 12.1 Å². The summed E-state index contributed by atoms with van der Waals surface area (Å²) in [5.74, 6) is 0. The lowest BCUT2D eigenvalue weighted by Crippen LogP contribution is -2.19. The minimum Gasteiger partial charge on any atom is -0.304 e. The Balaban J connectivity index is 2.28. The van der Waals surface area contributed by atoms with Gasteiger partial charge in [-0.1, -0.05) is 39.7 Å². The van der Waals surface area contributed by atoms with Gasteiger partial charge in [-0.3, -0.25) is 0 Å². The van der Waals surface area contributed by atoms with Gasteiger partial charge in [0.1, 0.15) is 5.65 Å². The fourth-order valence-electron chi connectivity index (χ4n) is 2.55. The van der Waals surface area contributed by atoms with Crippen LogP contribution in [-0.4, -0.2) is 9.38 Å². The van der Waals surface area contributed by atoms with E-state index in [0.29, 0.717) is 5.41 Å². The number of hydrogen-bond acceptors (Lipinski definition) is 1. The molecule has 0 bridgehead atoms. The highest BCUT2D eigenvalue weighted by molar-refractivity contribution is 5.39. The number of pyridine rings is 1. The van der Waals surface area contributed by atoms with E-state index >= 15 is 0 Å². The van der Waals surface area contributed by atoms with Crippen LogP contribution in [0.2, 0.25) is 0 Å². The van der Waals surface area contributed by atoms with Crippen LogP contribution in [0.4, 0.5) is 0 Å². The summed E-state index contributed by atoms with van der Waals surface area (Å²) in [6.07, 6.45) is 9.01. The van der Waals surface area contributed by atoms with Crippen molar-refractivity contribution in [2.24, 2.45) is 5.41 Å². The van der Waals surface area contributed by atoms with Crippen LogP contribution in [0, 0.1) is 5.41 Å². The molecule has 1 atom stereocenters. The summed E-state index contributed by atoms with van der Waals surface area (Å²) < 4.78 is 2.21. The maximum absolute atomic E-state index is 4.46. The minimum absolute atomic E-state index is 0.403. The van der Waals surface area contributed by atoms with Crippen molar-refractivity contribution in [2.45, 2.75) is 46.5 Å². The van der Waals surface area contributed by atoms with Crippen molar-refractivity contribution in [3.63, 3.8) is 0 Å². The van der Waals surface area contributed by atoms with Gasteiger partial charge >= 0.3 is 0 Å². The van der Waals surface area contributed by atoms with Crippen LogP contribution in [0.3, 0.4) is 0 Å². The molecule has 2 heterocycles. The van der Waals surface area contributed by atoms with Gasteiger partial charge in [0.25, 0.3) is 0 Å². The molecule has 0 fully saturated rings. The molecule has 0 radical (unpaired) electrons. The number of aromatic nitrogens is 2. The van der Waals surface area contributed by atoms with E-state index in [9.17, 15) is 0 Å². The standard InChI is InChI=1S/C15H22N2/c1-4-9-15(3,5-2)11-13-12-16-14-8-6-7-10-17(13)14/h6-8,10,12H,4-5,9,11H2,1-3H3. The molecular weight excluding hydrogens is 208 g/mol. The third-order valence-corrected chi connectivity index (χ3v) is 3.81. The monoisotopic (exact) mass is 230 g/mol. The molecule has 0 saturated heterocycles. The van der Waals surface area contributed by atoms with Crippen molar-refractivity contribution in [2.75, 3.05) is 0 Å². The molecule has 0 N–H and O–H groups in total. The maximum Gasteiger partial charge on any atom is 0.136 e. The van der Waals surface area contributed by atoms with Gasteiger partial charge in [-0.15, -0.1) is 0 Å². The third kappa shape index (κ3) is 2.51. The van der Waals surface area contributed by atoms with Gasteiger partial charge in [0, 0.05) is 18.1 Å². The largest absolute Gasteiger partial charge is 0.304 e. The number of imidazole rings is 1. The van der Waals surface area contributed by atoms with E-state index in [4.69, 9.17) is 0 Å². The smallest absolute Gasteiger partial charge is 0.136 e. The minimum atomic E-state index is 0.403. The Morgan fingerprint density at radius 3 is 2.82 bits per heavy atom. The second kappa shape index (κ2) is 4.91. The Kier molecular flexibility index (Phi) is 3.51. The van der Waals surface area contributed by atoms with Crippen LogP contribution in [-0.2, 0) is 6.42 Å². The maximum atomic E-state index is 4.46. The second-order valence-corrected chi connectivity index (χ2v) is 5.27. The van der Waals surface area contributed by atoms with Gasteiger partial charge < -0.3 is 4.40 Å². The second-order valence-electron chi connectivity index (χ2n) is 5.27. The van der Waals surface area contributed by atoms with Gasteiger partial charge in [-0.25, -0.2) is 4.98 Å². The van der Waals surface area contributed by atoms with Crippen molar-refractivity contribution in [1.82, 2.24) is 9.38 Å². The van der Waals surface area contributed by atoms with E-state index in [1.54, 1.807) is 0 Å². The zero-order valence-electron chi connectivity index (χ0n) is 11.1. The fraction of sp³-hybridized carbons (Fsp3) is 0.533. The number of rotatable bonds is 5. The lowest BCUT2D eigenvalue weighted by Gasteiger charge is -2.27. The van der Waals surface area contributed by atoms with Crippen molar-refractivity contribution in [3.05, 3.63) is 36.3 Å². The zero-order valence-corrected chi connectivity index (χ0v) is 11.1. The predicted octanol–water partition coefficient (Wildman–Crippen LogP) is 4.09. The van der Waals surface area contributed by atoms with Crippen molar-refractivity contribution in [3.8, 4) is 0 Å². The molecule has 0 aliphatic rings. The average Bonchev–Trinajstić information content (AvgIpc) is 2.73. The van der Waals surface area contributed by atoms with Crippen molar-refractivity contribution < 1.29 is 0 Å². The number of nitrogens with zero attached hydrogens (tertiary/aromatic N) is 2. The highest BCUT2D eigenvalue weighted by Crippen LogP contribution is 2.31. The first-order valence-electron chi connectivity index (χ1n) is 6.59. The summed E-state index contributed by atoms with van der Waals surface area (Å²) in [7, 11) is 0. The van der Waals surface area contributed by atoms with Crippen LogP contribution < -0.4 is 0 Å². The van der Waals surface area contributed by atoms with E-state index in [1.807, 2.05) is 12.3 Å².